The molecule has 2 N–H and O–H groups in total. The van der Waals surface area contributed by atoms with E-state index in [9.17, 15) is 9.59 Å². The lowest BCUT2D eigenvalue weighted by molar-refractivity contribution is -0.117. The van der Waals surface area contributed by atoms with Crippen molar-refractivity contribution in [2.45, 2.75) is 26.4 Å². The fourth-order valence-electron chi connectivity index (χ4n) is 6.32. The standard InChI is InChI=1S/C33H28N4O2/c1-3-36-28-15-9-7-10-22(28)26-18-21(16-17-29(26)36)35-30(38)19-37-32(23-11-4-5-12-24(23)33(37)39)31-20(2)34-27-14-8-6-13-25(27)31/h4-18,32,34H,3,19H2,1-2H3,(H,35,38)/t32-/m0/s1. The SMILES string of the molecule is CCn1c2ccccc2c2cc(NC(=O)CN3C(=O)c4ccccc4[C@H]3c3c(C)[nH]c4ccccc34)ccc21. The Morgan fingerprint density at radius 3 is 2.44 bits per heavy atom. The molecule has 6 heteroatoms. The molecule has 0 spiro atoms. The van der Waals surface area contributed by atoms with E-state index in [0.29, 0.717) is 5.56 Å². The van der Waals surface area contributed by atoms with Gasteiger partial charge in [0.05, 0.1) is 6.04 Å². The van der Waals surface area contributed by atoms with Gasteiger partial charge >= 0.3 is 0 Å². The van der Waals surface area contributed by atoms with Gasteiger partial charge in [0, 0.05) is 61.8 Å². The number of aromatic amines is 1. The Bertz CT molecular complexity index is 1930. The molecule has 1 aliphatic rings. The maximum atomic E-state index is 13.6. The lowest BCUT2D eigenvalue weighted by Crippen LogP contribution is -2.36. The minimum Gasteiger partial charge on any atom is -0.358 e. The number of nitrogens with one attached hydrogen (secondary N) is 2. The number of hydrogen-bond donors (Lipinski definition) is 2. The number of anilines is 1. The molecule has 1 atom stereocenters. The number of amides is 2. The summed E-state index contributed by atoms with van der Waals surface area (Å²) < 4.78 is 2.28. The third kappa shape index (κ3) is 3.56. The molecular formula is C33H28N4O2. The van der Waals surface area contributed by atoms with Crippen LogP contribution >= 0.6 is 0 Å². The maximum Gasteiger partial charge on any atom is 0.255 e. The zero-order valence-electron chi connectivity index (χ0n) is 21.9. The molecule has 0 aliphatic carbocycles. The van der Waals surface area contributed by atoms with E-state index in [-0.39, 0.29) is 24.4 Å². The summed E-state index contributed by atoms with van der Waals surface area (Å²) in [6.07, 6.45) is 0. The Labute approximate surface area is 225 Å². The molecule has 0 fully saturated rings. The Balaban J connectivity index is 1.24. The van der Waals surface area contributed by atoms with Crippen molar-refractivity contribution in [2.24, 2.45) is 0 Å². The summed E-state index contributed by atoms with van der Waals surface area (Å²) in [4.78, 5) is 32.3. The molecule has 0 saturated heterocycles. The van der Waals surface area contributed by atoms with Crippen molar-refractivity contribution in [1.29, 1.82) is 0 Å². The fourth-order valence-corrected chi connectivity index (χ4v) is 6.32. The van der Waals surface area contributed by atoms with Gasteiger partial charge in [-0.05, 0) is 55.8 Å². The molecule has 1 aliphatic heterocycles. The third-order valence-corrected chi connectivity index (χ3v) is 7.96. The van der Waals surface area contributed by atoms with E-state index in [1.807, 2.05) is 73.7 Å². The molecule has 0 bridgehead atoms. The number of para-hydroxylation sites is 2. The number of aryl methyl sites for hydroxylation is 2. The van der Waals surface area contributed by atoms with Crippen LogP contribution in [0.3, 0.4) is 0 Å². The van der Waals surface area contributed by atoms with Gasteiger partial charge in [0.1, 0.15) is 6.54 Å². The molecule has 6 aromatic rings. The van der Waals surface area contributed by atoms with E-state index in [1.54, 1.807) is 4.90 Å². The van der Waals surface area contributed by atoms with Crippen LogP contribution in [-0.2, 0) is 11.3 Å². The quantitative estimate of drug-likeness (QED) is 0.267. The molecule has 0 radical (unpaired) electrons. The first-order valence-electron chi connectivity index (χ1n) is 13.3. The van der Waals surface area contributed by atoms with Gasteiger partial charge in [0.2, 0.25) is 5.91 Å². The van der Waals surface area contributed by atoms with Crippen molar-refractivity contribution in [3.8, 4) is 0 Å². The van der Waals surface area contributed by atoms with E-state index in [2.05, 4.69) is 46.1 Å². The number of carbonyl (C=O) groups excluding carboxylic acids is 2. The molecule has 2 amide bonds. The predicted molar refractivity (Wildman–Crippen MR) is 156 cm³/mol. The third-order valence-electron chi connectivity index (χ3n) is 7.96. The van der Waals surface area contributed by atoms with Gasteiger partial charge in [-0.1, -0.05) is 54.6 Å². The number of benzene rings is 4. The number of carbonyl (C=O) groups is 2. The number of fused-ring (bicyclic) bond motifs is 5. The summed E-state index contributed by atoms with van der Waals surface area (Å²) >= 11 is 0. The number of aromatic nitrogens is 2. The molecule has 192 valence electrons. The number of hydrogen-bond acceptors (Lipinski definition) is 2. The lowest BCUT2D eigenvalue weighted by atomic mass is 9.95. The van der Waals surface area contributed by atoms with Gasteiger partial charge in [0.25, 0.3) is 5.91 Å². The highest BCUT2D eigenvalue weighted by Gasteiger charge is 2.40. The summed E-state index contributed by atoms with van der Waals surface area (Å²) in [7, 11) is 0. The average Bonchev–Trinajstić information content (AvgIpc) is 3.55. The highest BCUT2D eigenvalue weighted by atomic mass is 16.2. The first-order chi connectivity index (χ1) is 19.0. The molecular weight excluding hydrogens is 484 g/mol. The maximum absolute atomic E-state index is 13.6. The van der Waals surface area contributed by atoms with Crippen LogP contribution < -0.4 is 5.32 Å². The number of H-pyrrole nitrogens is 1. The second-order valence-electron chi connectivity index (χ2n) is 10.2. The van der Waals surface area contributed by atoms with E-state index < -0.39 is 0 Å². The summed E-state index contributed by atoms with van der Waals surface area (Å²) in [6.45, 7) is 4.98. The molecule has 6 nitrogen and oxygen atoms in total. The fraction of sp³-hybridized carbons (Fsp3) is 0.152. The van der Waals surface area contributed by atoms with Crippen LogP contribution in [-0.4, -0.2) is 32.8 Å². The van der Waals surface area contributed by atoms with Crippen molar-refractivity contribution in [2.75, 3.05) is 11.9 Å². The van der Waals surface area contributed by atoms with Gasteiger partial charge in [0.15, 0.2) is 0 Å². The van der Waals surface area contributed by atoms with Crippen LogP contribution in [0.1, 0.15) is 40.1 Å². The van der Waals surface area contributed by atoms with Crippen molar-refractivity contribution in [3.63, 3.8) is 0 Å². The first-order valence-corrected chi connectivity index (χ1v) is 13.3. The molecule has 3 heterocycles. The minimum absolute atomic E-state index is 0.0497. The Hall–Kier alpha value is -4.84. The van der Waals surface area contributed by atoms with E-state index in [1.165, 1.54) is 5.52 Å². The topological polar surface area (TPSA) is 70.1 Å². The van der Waals surface area contributed by atoms with Gasteiger partial charge in [-0.2, -0.15) is 0 Å². The second kappa shape index (κ2) is 8.88. The minimum atomic E-state index is -0.347. The zero-order valence-corrected chi connectivity index (χ0v) is 21.9. The molecule has 7 rings (SSSR count). The Morgan fingerprint density at radius 2 is 1.59 bits per heavy atom. The van der Waals surface area contributed by atoms with Gasteiger partial charge in [-0.3, -0.25) is 9.59 Å². The van der Waals surface area contributed by atoms with Crippen LogP contribution in [0, 0.1) is 6.92 Å². The van der Waals surface area contributed by atoms with Gasteiger partial charge < -0.3 is 19.8 Å². The normalized spacial score (nSPS) is 15.0. The summed E-state index contributed by atoms with van der Waals surface area (Å²) in [5.41, 5.74) is 7.65. The number of rotatable bonds is 5. The summed E-state index contributed by atoms with van der Waals surface area (Å²) in [5, 5.41) is 6.39. The summed E-state index contributed by atoms with van der Waals surface area (Å²) in [5.74, 6) is -0.353. The van der Waals surface area contributed by atoms with Gasteiger partial charge in [-0.25, -0.2) is 0 Å². The van der Waals surface area contributed by atoms with Crippen LogP contribution in [0.4, 0.5) is 5.69 Å². The van der Waals surface area contributed by atoms with Gasteiger partial charge in [-0.15, -0.1) is 0 Å². The van der Waals surface area contributed by atoms with Crippen LogP contribution in [0.15, 0.2) is 91.0 Å². The molecule has 39 heavy (non-hydrogen) atoms. The largest absolute Gasteiger partial charge is 0.358 e. The average molecular weight is 513 g/mol. The zero-order chi connectivity index (χ0) is 26.7. The molecule has 0 saturated carbocycles. The Morgan fingerprint density at radius 1 is 0.872 bits per heavy atom. The smallest absolute Gasteiger partial charge is 0.255 e. The molecule has 4 aromatic carbocycles. The van der Waals surface area contributed by atoms with Crippen molar-refractivity contribution >= 4 is 50.2 Å². The van der Waals surface area contributed by atoms with E-state index >= 15 is 0 Å². The molecule has 2 aromatic heterocycles. The van der Waals surface area contributed by atoms with E-state index in [0.717, 1.165) is 56.2 Å². The van der Waals surface area contributed by atoms with Crippen LogP contribution in [0.5, 0.6) is 0 Å². The molecule has 0 unspecified atom stereocenters. The highest BCUT2D eigenvalue weighted by molar-refractivity contribution is 6.10. The highest BCUT2D eigenvalue weighted by Crippen LogP contribution is 2.42. The van der Waals surface area contributed by atoms with Crippen molar-refractivity contribution in [3.05, 3.63) is 113 Å². The summed E-state index contributed by atoms with van der Waals surface area (Å²) in [6, 6.07) is 29.8. The van der Waals surface area contributed by atoms with E-state index in [4.69, 9.17) is 0 Å². The van der Waals surface area contributed by atoms with Crippen molar-refractivity contribution in [1.82, 2.24) is 14.5 Å². The lowest BCUT2D eigenvalue weighted by Gasteiger charge is -2.25. The van der Waals surface area contributed by atoms with Crippen molar-refractivity contribution < 1.29 is 9.59 Å². The predicted octanol–water partition coefficient (Wildman–Crippen LogP) is 6.79. The van der Waals surface area contributed by atoms with Crippen LogP contribution in [0.2, 0.25) is 0 Å². The first kappa shape index (κ1) is 23.3. The second-order valence-corrected chi connectivity index (χ2v) is 10.2. The van der Waals surface area contributed by atoms with Crippen LogP contribution in [0.25, 0.3) is 32.7 Å². The number of nitrogens with zero attached hydrogens (tertiary/aromatic N) is 2. The Kier molecular flexibility index (Phi) is 5.30. The monoisotopic (exact) mass is 512 g/mol.